The Morgan fingerprint density at radius 2 is 2.30 bits per heavy atom. The van der Waals surface area contributed by atoms with Crippen LogP contribution < -0.4 is 0 Å². The van der Waals surface area contributed by atoms with Gasteiger partial charge in [-0.1, -0.05) is 13.8 Å². The maximum atomic E-state index is 9.40. The maximum Gasteiger partial charge on any atom is 0.0622 e. The minimum atomic E-state index is -0.140. The van der Waals surface area contributed by atoms with Gasteiger partial charge in [-0.05, 0) is 12.8 Å². The van der Waals surface area contributed by atoms with Crippen LogP contribution in [0.4, 0.5) is 0 Å². The quantitative estimate of drug-likeness (QED) is 0.599. The van der Waals surface area contributed by atoms with Crippen molar-refractivity contribution in [2.45, 2.75) is 38.9 Å². The zero-order valence-electron chi connectivity index (χ0n) is 6.71. The number of ether oxygens (including phenoxy) is 1. The van der Waals surface area contributed by atoms with Gasteiger partial charge < -0.3 is 9.84 Å². The van der Waals surface area contributed by atoms with Crippen molar-refractivity contribution in [3.05, 3.63) is 0 Å². The molecule has 0 bridgehead atoms. The monoisotopic (exact) mass is 144 g/mol. The molecule has 0 radical (unpaired) electrons. The third-order valence-corrected chi connectivity index (χ3v) is 2.34. The molecular formula is C8H16O2. The zero-order chi connectivity index (χ0) is 7.56. The molecular weight excluding hydrogens is 128 g/mol. The molecule has 0 aromatic carbocycles. The van der Waals surface area contributed by atoms with Crippen molar-refractivity contribution in [2.24, 2.45) is 5.92 Å². The van der Waals surface area contributed by atoms with E-state index in [1.807, 2.05) is 0 Å². The highest BCUT2D eigenvalue weighted by atomic mass is 16.5. The van der Waals surface area contributed by atoms with Crippen molar-refractivity contribution in [3.8, 4) is 0 Å². The van der Waals surface area contributed by atoms with E-state index in [0.29, 0.717) is 5.92 Å². The lowest BCUT2D eigenvalue weighted by molar-refractivity contribution is -0.0860. The van der Waals surface area contributed by atoms with E-state index in [2.05, 4.69) is 13.8 Å². The molecule has 1 aliphatic heterocycles. The Kier molecular flexibility index (Phi) is 2.69. The smallest absolute Gasteiger partial charge is 0.0622 e. The van der Waals surface area contributed by atoms with Crippen LogP contribution in [-0.4, -0.2) is 23.9 Å². The van der Waals surface area contributed by atoms with Crippen molar-refractivity contribution in [2.75, 3.05) is 6.61 Å². The van der Waals surface area contributed by atoms with Crippen LogP contribution >= 0.6 is 0 Å². The molecule has 0 spiro atoms. The van der Waals surface area contributed by atoms with Gasteiger partial charge in [-0.2, -0.15) is 0 Å². The van der Waals surface area contributed by atoms with Crippen molar-refractivity contribution in [3.63, 3.8) is 0 Å². The van der Waals surface area contributed by atoms with Crippen LogP contribution in [0.3, 0.4) is 0 Å². The van der Waals surface area contributed by atoms with E-state index in [4.69, 9.17) is 4.74 Å². The van der Waals surface area contributed by atoms with Gasteiger partial charge in [0.2, 0.25) is 0 Å². The summed E-state index contributed by atoms with van der Waals surface area (Å²) in [5.74, 6) is 0.318. The average Bonchev–Trinajstić information content (AvgIpc) is 1.95. The molecule has 0 aromatic rings. The molecule has 0 aromatic heterocycles. The van der Waals surface area contributed by atoms with E-state index in [-0.39, 0.29) is 12.2 Å². The second-order valence-corrected chi connectivity index (χ2v) is 3.03. The Morgan fingerprint density at radius 3 is 2.80 bits per heavy atom. The minimum Gasteiger partial charge on any atom is -0.393 e. The summed E-state index contributed by atoms with van der Waals surface area (Å²) in [5, 5.41) is 9.40. The largest absolute Gasteiger partial charge is 0.393 e. The first-order valence-corrected chi connectivity index (χ1v) is 4.05. The molecule has 0 amide bonds. The summed E-state index contributed by atoms with van der Waals surface area (Å²) < 4.78 is 5.45. The molecule has 1 fully saturated rings. The fraction of sp³-hybridized carbons (Fsp3) is 1.00. The average molecular weight is 144 g/mol. The predicted octanol–water partition coefficient (Wildman–Crippen LogP) is 1.18. The molecule has 0 aliphatic carbocycles. The van der Waals surface area contributed by atoms with Gasteiger partial charge in [0.15, 0.2) is 0 Å². The number of hydrogen-bond donors (Lipinski definition) is 1. The first kappa shape index (κ1) is 8.02. The van der Waals surface area contributed by atoms with E-state index >= 15 is 0 Å². The summed E-state index contributed by atoms with van der Waals surface area (Å²) in [4.78, 5) is 0. The van der Waals surface area contributed by atoms with Crippen LogP contribution in [0.1, 0.15) is 26.7 Å². The lowest BCUT2D eigenvalue weighted by atomic mass is 9.92. The van der Waals surface area contributed by atoms with E-state index < -0.39 is 0 Å². The molecule has 1 aliphatic rings. The van der Waals surface area contributed by atoms with Gasteiger partial charge in [0.25, 0.3) is 0 Å². The normalized spacial score (nSPS) is 41.7. The third-order valence-electron chi connectivity index (χ3n) is 2.34. The highest BCUT2D eigenvalue weighted by Gasteiger charge is 2.27. The molecule has 2 nitrogen and oxygen atoms in total. The van der Waals surface area contributed by atoms with Gasteiger partial charge in [-0.3, -0.25) is 0 Å². The fourth-order valence-electron chi connectivity index (χ4n) is 1.49. The van der Waals surface area contributed by atoms with Gasteiger partial charge in [0, 0.05) is 12.5 Å². The van der Waals surface area contributed by atoms with E-state index in [9.17, 15) is 5.11 Å². The number of aliphatic hydroxyl groups excluding tert-OH is 1. The van der Waals surface area contributed by atoms with Crippen LogP contribution in [0.2, 0.25) is 0 Å². The van der Waals surface area contributed by atoms with Crippen molar-refractivity contribution >= 4 is 0 Å². The molecule has 0 saturated carbocycles. The summed E-state index contributed by atoms with van der Waals surface area (Å²) in [6.45, 7) is 4.88. The summed E-state index contributed by atoms with van der Waals surface area (Å²) in [7, 11) is 0. The molecule has 1 rings (SSSR count). The number of aliphatic hydroxyl groups is 1. The summed E-state index contributed by atoms with van der Waals surface area (Å²) in [6, 6.07) is 0. The van der Waals surface area contributed by atoms with Gasteiger partial charge in [-0.15, -0.1) is 0 Å². The molecule has 1 N–H and O–H groups in total. The molecule has 3 atom stereocenters. The van der Waals surface area contributed by atoms with Crippen LogP contribution in [0.5, 0.6) is 0 Å². The zero-order valence-corrected chi connectivity index (χ0v) is 6.71. The number of hydrogen-bond acceptors (Lipinski definition) is 2. The highest BCUT2D eigenvalue weighted by molar-refractivity contribution is 4.76. The maximum absolute atomic E-state index is 9.40. The standard InChI is InChI=1S/C8H16O2/c1-3-8-6(2)7(9)4-5-10-8/h6-9H,3-5H2,1-2H3/t6-,7+,8+/m0/s1. The van der Waals surface area contributed by atoms with Crippen molar-refractivity contribution in [1.82, 2.24) is 0 Å². The Morgan fingerprint density at radius 1 is 1.60 bits per heavy atom. The SMILES string of the molecule is CC[C@H]1OCC[C@@H](O)[C@@H]1C. The molecule has 10 heavy (non-hydrogen) atoms. The minimum absolute atomic E-state index is 0.140. The Balaban J connectivity index is 2.42. The summed E-state index contributed by atoms with van der Waals surface area (Å²) in [6.07, 6.45) is 1.96. The lowest BCUT2D eigenvalue weighted by Crippen LogP contribution is -2.37. The van der Waals surface area contributed by atoms with Gasteiger partial charge in [0.1, 0.15) is 0 Å². The first-order valence-electron chi connectivity index (χ1n) is 4.05. The summed E-state index contributed by atoms with van der Waals surface area (Å²) in [5.41, 5.74) is 0. The molecule has 0 unspecified atom stereocenters. The number of rotatable bonds is 1. The second kappa shape index (κ2) is 3.35. The Bertz CT molecular complexity index is 103. The van der Waals surface area contributed by atoms with Crippen molar-refractivity contribution in [1.29, 1.82) is 0 Å². The van der Waals surface area contributed by atoms with Crippen LogP contribution in [0.25, 0.3) is 0 Å². The second-order valence-electron chi connectivity index (χ2n) is 3.03. The predicted molar refractivity (Wildman–Crippen MR) is 39.8 cm³/mol. The molecule has 1 heterocycles. The van der Waals surface area contributed by atoms with Gasteiger partial charge in [-0.25, -0.2) is 0 Å². The summed E-state index contributed by atoms with van der Waals surface area (Å²) >= 11 is 0. The Labute approximate surface area is 62.2 Å². The molecule has 60 valence electrons. The van der Waals surface area contributed by atoms with E-state index in [1.54, 1.807) is 0 Å². The molecule has 1 saturated heterocycles. The van der Waals surface area contributed by atoms with E-state index in [0.717, 1.165) is 19.4 Å². The topological polar surface area (TPSA) is 29.5 Å². The Hall–Kier alpha value is -0.0800. The van der Waals surface area contributed by atoms with Gasteiger partial charge >= 0.3 is 0 Å². The highest BCUT2D eigenvalue weighted by Crippen LogP contribution is 2.22. The third kappa shape index (κ3) is 1.50. The van der Waals surface area contributed by atoms with E-state index in [1.165, 1.54) is 0 Å². The molecule has 2 heteroatoms. The first-order chi connectivity index (χ1) is 4.75. The van der Waals surface area contributed by atoms with Gasteiger partial charge in [0.05, 0.1) is 12.2 Å². The van der Waals surface area contributed by atoms with Crippen molar-refractivity contribution < 1.29 is 9.84 Å². The lowest BCUT2D eigenvalue weighted by Gasteiger charge is -2.32. The van der Waals surface area contributed by atoms with Crippen LogP contribution in [0.15, 0.2) is 0 Å². The van der Waals surface area contributed by atoms with Crippen LogP contribution in [-0.2, 0) is 4.74 Å². The fourth-order valence-corrected chi connectivity index (χ4v) is 1.49. The van der Waals surface area contributed by atoms with Crippen LogP contribution in [0, 0.1) is 5.92 Å².